The highest BCUT2D eigenvalue weighted by Crippen LogP contribution is 2.19. The van der Waals surface area contributed by atoms with Gasteiger partial charge in [0, 0.05) is 22.0 Å². The molecule has 2 N–H and O–H groups in total. The van der Waals surface area contributed by atoms with E-state index in [9.17, 15) is 9.59 Å². The van der Waals surface area contributed by atoms with Gasteiger partial charge in [-0.15, -0.1) is 0 Å². The third kappa shape index (κ3) is 5.72. The Morgan fingerprint density at radius 3 is 2.40 bits per heavy atom. The predicted octanol–water partition coefficient (Wildman–Crippen LogP) is 4.09. The van der Waals surface area contributed by atoms with Gasteiger partial charge in [-0.2, -0.15) is 5.10 Å². The van der Waals surface area contributed by atoms with Gasteiger partial charge < -0.3 is 5.32 Å². The van der Waals surface area contributed by atoms with Crippen molar-refractivity contribution in [2.75, 3.05) is 5.32 Å². The first-order chi connectivity index (χ1) is 11.8. The molecule has 6 heteroatoms. The second kappa shape index (κ2) is 8.44. The van der Waals surface area contributed by atoms with E-state index in [0.29, 0.717) is 22.0 Å². The molecule has 0 fully saturated rings. The van der Waals surface area contributed by atoms with Crippen molar-refractivity contribution >= 4 is 34.8 Å². The van der Waals surface area contributed by atoms with Crippen molar-refractivity contribution in [2.24, 2.45) is 5.10 Å². The summed E-state index contributed by atoms with van der Waals surface area (Å²) in [6.45, 7) is 5.50. The maximum atomic E-state index is 12.1. The van der Waals surface area contributed by atoms with E-state index in [1.165, 1.54) is 0 Å². The lowest BCUT2D eigenvalue weighted by molar-refractivity contribution is -0.115. The average molecular weight is 358 g/mol. The van der Waals surface area contributed by atoms with Crippen LogP contribution in [-0.2, 0) is 4.79 Å². The summed E-state index contributed by atoms with van der Waals surface area (Å²) < 4.78 is 0. The maximum Gasteiger partial charge on any atom is 0.271 e. The molecule has 0 unspecified atom stereocenters. The van der Waals surface area contributed by atoms with Crippen LogP contribution >= 0.6 is 11.6 Å². The van der Waals surface area contributed by atoms with Crippen LogP contribution in [0.1, 0.15) is 34.8 Å². The minimum Gasteiger partial charge on any atom is -0.326 e. The molecule has 2 amide bonds. The number of rotatable bonds is 5. The molecule has 0 radical (unpaired) electrons. The topological polar surface area (TPSA) is 70.6 Å². The molecule has 25 heavy (non-hydrogen) atoms. The van der Waals surface area contributed by atoms with Gasteiger partial charge in [0.05, 0.1) is 6.42 Å². The summed E-state index contributed by atoms with van der Waals surface area (Å²) in [6.07, 6.45) is 0.0796. The number of halogens is 1. The number of nitrogens with one attached hydrogen (secondary N) is 2. The fraction of sp³-hybridized carbons (Fsp3) is 0.211. The van der Waals surface area contributed by atoms with Gasteiger partial charge in [0.2, 0.25) is 5.91 Å². The number of hydrogen-bond donors (Lipinski definition) is 2. The molecule has 0 saturated carbocycles. The van der Waals surface area contributed by atoms with E-state index in [1.54, 1.807) is 37.3 Å². The number of amides is 2. The van der Waals surface area contributed by atoms with Gasteiger partial charge in [-0.25, -0.2) is 5.43 Å². The molecule has 0 aliphatic carbocycles. The standard InChI is InChI=1S/C19H20ClN3O2/c1-12-4-6-15(7-5-12)19(25)23-22-14(3)11-18(24)21-17-9-8-16(20)10-13(17)2/h4-10H,11H2,1-3H3,(H,21,24)(H,23,25). The molecule has 2 rings (SSSR count). The zero-order valence-corrected chi connectivity index (χ0v) is 15.1. The van der Waals surface area contributed by atoms with Crippen LogP contribution in [0, 0.1) is 13.8 Å². The molecule has 2 aromatic rings. The normalized spacial score (nSPS) is 11.1. The monoisotopic (exact) mass is 357 g/mol. The molecule has 0 aliphatic heterocycles. The predicted molar refractivity (Wildman–Crippen MR) is 101 cm³/mol. The number of nitrogens with zero attached hydrogens (tertiary/aromatic N) is 1. The Bertz CT molecular complexity index is 814. The van der Waals surface area contributed by atoms with Crippen molar-refractivity contribution in [3.05, 3.63) is 64.2 Å². The third-order valence-electron chi connectivity index (χ3n) is 3.54. The van der Waals surface area contributed by atoms with Crippen molar-refractivity contribution in [2.45, 2.75) is 27.2 Å². The highest BCUT2D eigenvalue weighted by Gasteiger charge is 2.08. The van der Waals surface area contributed by atoms with Gasteiger partial charge in [0.1, 0.15) is 0 Å². The van der Waals surface area contributed by atoms with E-state index < -0.39 is 0 Å². The minimum atomic E-state index is -0.312. The molecule has 0 saturated heterocycles. The largest absolute Gasteiger partial charge is 0.326 e. The number of aryl methyl sites for hydroxylation is 2. The quantitative estimate of drug-likeness (QED) is 0.625. The van der Waals surface area contributed by atoms with Gasteiger partial charge in [0.15, 0.2) is 0 Å². The number of carbonyl (C=O) groups excluding carboxylic acids is 2. The highest BCUT2D eigenvalue weighted by atomic mass is 35.5. The van der Waals surface area contributed by atoms with Crippen LogP contribution < -0.4 is 10.7 Å². The summed E-state index contributed by atoms with van der Waals surface area (Å²) in [5.74, 6) is -0.524. The minimum absolute atomic E-state index is 0.0796. The Balaban J connectivity index is 1.90. The first kappa shape index (κ1) is 18.7. The van der Waals surface area contributed by atoms with E-state index in [2.05, 4.69) is 15.8 Å². The van der Waals surface area contributed by atoms with Crippen LogP contribution in [-0.4, -0.2) is 17.5 Å². The SMILES string of the molecule is CC(CC(=O)Nc1ccc(Cl)cc1C)=NNC(=O)c1ccc(C)cc1. The second-order valence-corrected chi connectivity index (χ2v) is 6.27. The zero-order valence-electron chi connectivity index (χ0n) is 14.4. The van der Waals surface area contributed by atoms with E-state index in [4.69, 9.17) is 11.6 Å². The number of hydrogen-bond acceptors (Lipinski definition) is 3. The summed E-state index contributed by atoms with van der Waals surface area (Å²) >= 11 is 5.90. The molecule has 0 heterocycles. The Morgan fingerprint density at radius 2 is 1.76 bits per heavy atom. The maximum absolute atomic E-state index is 12.1. The molecule has 0 aliphatic rings. The van der Waals surface area contributed by atoms with Crippen molar-refractivity contribution in [1.29, 1.82) is 0 Å². The molecule has 0 atom stereocenters. The summed E-state index contributed by atoms with van der Waals surface area (Å²) in [6, 6.07) is 12.4. The van der Waals surface area contributed by atoms with Crippen LogP contribution in [0.3, 0.4) is 0 Å². The van der Waals surface area contributed by atoms with E-state index >= 15 is 0 Å². The first-order valence-electron chi connectivity index (χ1n) is 7.81. The van der Waals surface area contributed by atoms with Gasteiger partial charge in [-0.1, -0.05) is 29.3 Å². The van der Waals surface area contributed by atoms with Crippen LogP contribution in [0.2, 0.25) is 5.02 Å². The Kier molecular flexibility index (Phi) is 6.31. The summed E-state index contributed by atoms with van der Waals surface area (Å²) in [7, 11) is 0. The Labute approximate surface area is 152 Å². The van der Waals surface area contributed by atoms with Gasteiger partial charge in [0.25, 0.3) is 5.91 Å². The Hall–Kier alpha value is -2.66. The lowest BCUT2D eigenvalue weighted by Crippen LogP contribution is -2.21. The van der Waals surface area contributed by atoms with E-state index in [-0.39, 0.29) is 18.2 Å². The van der Waals surface area contributed by atoms with E-state index in [0.717, 1.165) is 11.1 Å². The van der Waals surface area contributed by atoms with Crippen LogP contribution in [0.4, 0.5) is 5.69 Å². The second-order valence-electron chi connectivity index (χ2n) is 5.84. The molecule has 0 aromatic heterocycles. The fourth-order valence-electron chi connectivity index (χ4n) is 2.15. The highest BCUT2D eigenvalue weighted by molar-refractivity contribution is 6.30. The lowest BCUT2D eigenvalue weighted by Gasteiger charge is -2.08. The van der Waals surface area contributed by atoms with Crippen molar-refractivity contribution in [3.63, 3.8) is 0 Å². The summed E-state index contributed by atoms with van der Waals surface area (Å²) in [4.78, 5) is 24.1. The van der Waals surface area contributed by atoms with Gasteiger partial charge >= 0.3 is 0 Å². The van der Waals surface area contributed by atoms with Crippen LogP contribution in [0.25, 0.3) is 0 Å². The van der Waals surface area contributed by atoms with E-state index in [1.807, 2.05) is 26.0 Å². The summed E-state index contributed by atoms with van der Waals surface area (Å²) in [5.41, 5.74) is 6.13. The molecule has 130 valence electrons. The average Bonchev–Trinajstić information content (AvgIpc) is 2.56. The molecular formula is C19H20ClN3O2. The van der Waals surface area contributed by atoms with Gasteiger partial charge in [-0.3, -0.25) is 9.59 Å². The van der Waals surface area contributed by atoms with Crippen LogP contribution in [0.15, 0.2) is 47.6 Å². The van der Waals surface area contributed by atoms with Crippen molar-refractivity contribution in [3.8, 4) is 0 Å². The fourth-order valence-corrected chi connectivity index (χ4v) is 2.38. The smallest absolute Gasteiger partial charge is 0.271 e. The molecular weight excluding hydrogens is 338 g/mol. The molecule has 0 bridgehead atoms. The first-order valence-corrected chi connectivity index (χ1v) is 8.19. The van der Waals surface area contributed by atoms with Crippen LogP contribution in [0.5, 0.6) is 0 Å². The Morgan fingerprint density at radius 1 is 1.08 bits per heavy atom. The number of carbonyl (C=O) groups is 2. The molecule has 2 aromatic carbocycles. The zero-order chi connectivity index (χ0) is 18.4. The third-order valence-corrected chi connectivity index (χ3v) is 3.78. The number of hydrazone groups is 1. The van der Waals surface area contributed by atoms with Crippen molar-refractivity contribution in [1.82, 2.24) is 5.43 Å². The number of anilines is 1. The van der Waals surface area contributed by atoms with Gasteiger partial charge in [-0.05, 0) is 56.7 Å². The number of benzene rings is 2. The van der Waals surface area contributed by atoms with Crippen molar-refractivity contribution < 1.29 is 9.59 Å². The lowest BCUT2D eigenvalue weighted by atomic mass is 10.1. The molecule has 5 nitrogen and oxygen atoms in total. The summed E-state index contributed by atoms with van der Waals surface area (Å²) in [5, 5.41) is 7.40. The molecule has 0 spiro atoms.